The molecule has 1 unspecified atom stereocenters. The third-order valence-electron chi connectivity index (χ3n) is 4.12. The average Bonchev–Trinajstić information content (AvgIpc) is 2.85. The van der Waals surface area contributed by atoms with Gasteiger partial charge in [0.1, 0.15) is 5.82 Å². The fraction of sp³-hybridized carbons (Fsp3) is 0.611. The summed E-state index contributed by atoms with van der Waals surface area (Å²) in [6, 6.07) is 9.15. The van der Waals surface area contributed by atoms with E-state index in [2.05, 4.69) is 54.9 Å². The lowest BCUT2D eigenvalue weighted by Gasteiger charge is -2.15. The zero-order valence-corrected chi connectivity index (χ0v) is 13.7. The highest BCUT2D eigenvalue weighted by molar-refractivity contribution is 5.75. The number of fused-ring (bicyclic) bond motifs is 1. The van der Waals surface area contributed by atoms with Gasteiger partial charge in [-0.15, -0.1) is 0 Å². The standard InChI is InChI=1S/C18H29N3/c1-4-14-21-17-12-8-7-11-16(17)20-18(21)13-9-10-15(5-2)19-6-3/h7-8,11-12,15,19H,4-6,9-10,13-14H2,1-3H3. The Morgan fingerprint density at radius 1 is 1.19 bits per heavy atom. The first-order chi connectivity index (χ1) is 10.3. The molecule has 1 heterocycles. The van der Waals surface area contributed by atoms with Gasteiger partial charge in [0, 0.05) is 19.0 Å². The number of aromatic nitrogens is 2. The fourth-order valence-electron chi connectivity index (χ4n) is 3.04. The molecular formula is C18H29N3. The molecule has 0 fully saturated rings. The quantitative estimate of drug-likeness (QED) is 0.750. The van der Waals surface area contributed by atoms with E-state index < -0.39 is 0 Å². The van der Waals surface area contributed by atoms with Crippen molar-refractivity contribution in [3.8, 4) is 0 Å². The van der Waals surface area contributed by atoms with Gasteiger partial charge in [-0.3, -0.25) is 0 Å². The second-order valence-electron chi connectivity index (χ2n) is 5.72. The maximum atomic E-state index is 4.84. The molecule has 2 rings (SSSR count). The first-order valence-corrected chi connectivity index (χ1v) is 8.47. The molecule has 1 aromatic carbocycles. The Hall–Kier alpha value is -1.35. The van der Waals surface area contributed by atoms with Crippen LogP contribution in [0.25, 0.3) is 11.0 Å². The molecule has 0 spiro atoms. The van der Waals surface area contributed by atoms with Crippen molar-refractivity contribution in [3.63, 3.8) is 0 Å². The van der Waals surface area contributed by atoms with Gasteiger partial charge in [0.25, 0.3) is 0 Å². The predicted octanol–water partition coefficient (Wildman–Crippen LogP) is 4.16. The van der Waals surface area contributed by atoms with Gasteiger partial charge in [-0.05, 0) is 44.4 Å². The number of para-hydroxylation sites is 2. The molecule has 21 heavy (non-hydrogen) atoms. The normalized spacial score (nSPS) is 12.9. The Labute approximate surface area is 128 Å². The van der Waals surface area contributed by atoms with Gasteiger partial charge in [0.15, 0.2) is 0 Å². The summed E-state index contributed by atoms with van der Waals surface area (Å²) in [4.78, 5) is 4.84. The van der Waals surface area contributed by atoms with Crippen molar-refractivity contribution >= 4 is 11.0 Å². The minimum atomic E-state index is 0.652. The van der Waals surface area contributed by atoms with E-state index in [9.17, 15) is 0 Å². The van der Waals surface area contributed by atoms with Gasteiger partial charge in [-0.1, -0.05) is 32.9 Å². The summed E-state index contributed by atoms with van der Waals surface area (Å²) in [7, 11) is 0. The Bertz CT molecular complexity index is 544. The summed E-state index contributed by atoms with van der Waals surface area (Å²) in [6.07, 6.45) is 5.89. The highest BCUT2D eigenvalue weighted by atomic mass is 15.1. The van der Waals surface area contributed by atoms with Crippen molar-refractivity contribution < 1.29 is 0 Å². The van der Waals surface area contributed by atoms with Crippen molar-refractivity contribution in [2.45, 2.75) is 65.5 Å². The lowest BCUT2D eigenvalue weighted by Crippen LogP contribution is -2.28. The molecule has 0 saturated carbocycles. The lowest BCUT2D eigenvalue weighted by molar-refractivity contribution is 0.462. The number of benzene rings is 1. The minimum Gasteiger partial charge on any atom is -0.328 e. The van der Waals surface area contributed by atoms with Crippen molar-refractivity contribution in [3.05, 3.63) is 30.1 Å². The third kappa shape index (κ3) is 4.07. The molecule has 0 aliphatic rings. The van der Waals surface area contributed by atoms with Crippen molar-refractivity contribution in [2.24, 2.45) is 0 Å². The SMILES string of the molecule is CCCn1c(CCCC(CC)NCC)nc2ccccc21. The molecule has 0 amide bonds. The Morgan fingerprint density at radius 2 is 2.00 bits per heavy atom. The number of nitrogens with zero attached hydrogens (tertiary/aromatic N) is 2. The van der Waals surface area contributed by atoms with E-state index >= 15 is 0 Å². The van der Waals surface area contributed by atoms with Gasteiger partial charge in [0.2, 0.25) is 0 Å². The van der Waals surface area contributed by atoms with E-state index in [1.807, 2.05) is 0 Å². The highest BCUT2D eigenvalue weighted by Crippen LogP contribution is 2.18. The first kappa shape index (κ1) is 16.0. The molecule has 116 valence electrons. The second-order valence-corrected chi connectivity index (χ2v) is 5.72. The number of hydrogen-bond acceptors (Lipinski definition) is 2. The Morgan fingerprint density at radius 3 is 2.71 bits per heavy atom. The van der Waals surface area contributed by atoms with Crippen LogP contribution in [-0.2, 0) is 13.0 Å². The zero-order valence-electron chi connectivity index (χ0n) is 13.7. The molecule has 0 aliphatic carbocycles. The van der Waals surface area contributed by atoms with Crippen molar-refractivity contribution in [1.29, 1.82) is 0 Å². The van der Waals surface area contributed by atoms with Crippen LogP contribution >= 0.6 is 0 Å². The van der Waals surface area contributed by atoms with E-state index in [0.717, 1.165) is 31.4 Å². The third-order valence-corrected chi connectivity index (χ3v) is 4.12. The van der Waals surface area contributed by atoms with Crippen LogP contribution in [0.15, 0.2) is 24.3 Å². The summed E-state index contributed by atoms with van der Waals surface area (Å²) in [5, 5.41) is 3.56. The van der Waals surface area contributed by atoms with E-state index in [4.69, 9.17) is 4.98 Å². The van der Waals surface area contributed by atoms with Crippen LogP contribution in [-0.4, -0.2) is 22.1 Å². The van der Waals surface area contributed by atoms with E-state index in [0.29, 0.717) is 6.04 Å². The van der Waals surface area contributed by atoms with Crippen LogP contribution in [0.1, 0.15) is 52.3 Å². The highest BCUT2D eigenvalue weighted by Gasteiger charge is 2.10. The van der Waals surface area contributed by atoms with Gasteiger partial charge >= 0.3 is 0 Å². The first-order valence-electron chi connectivity index (χ1n) is 8.47. The summed E-state index contributed by atoms with van der Waals surface area (Å²) < 4.78 is 2.41. The monoisotopic (exact) mass is 287 g/mol. The van der Waals surface area contributed by atoms with Crippen LogP contribution in [0.3, 0.4) is 0 Å². The van der Waals surface area contributed by atoms with Crippen LogP contribution in [0.2, 0.25) is 0 Å². The summed E-state index contributed by atoms with van der Waals surface area (Å²) in [5.41, 5.74) is 2.42. The van der Waals surface area contributed by atoms with Gasteiger partial charge < -0.3 is 9.88 Å². The van der Waals surface area contributed by atoms with Gasteiger partial charge in [-0.25, -0.2) is 4.98 Å². The molecule has 1 atom stereocenters. The summed E-state index contributed by atoms with van der Waals surface area (Å²) >= 11 is 0. The number of imidazole rings is 1. The maximum Gasteiger partial charge on any atom is 0.109 e. The van der Waals surface area contributed by atoms with Crippen molar-refractivity contribution in [2.75, 3.05) is 6.54 Å². The molecule has 3 heteroatoms. The maximum absolute atomic E-state index is 4.84. The lowest BCUT2D eigenvalue weighted by atomic mass is 10.1. The molecule has 1 aromatic heterocycles. The fourth-order valence-corrected chi connectivity index (χ4v) is 3.04. The molecule has 3 nitrogen and oxygen atoms in total. The average molecular weight is 287 g/mol. The van der Waals surface area contributed by atoms with Crippen LogP contribution < -0.4 is 5.32 Å². The molecule has 0 radical (unpaired) electrons. The van der Waals surface area contributed by atoms with E-state index in [1.54, 1.807) is 0 Å². The predicted molar refractivity (Wildman–Crippen MR) is 90.7 cm³/mol. The molecule has 0 bridgehead atoms. The number of nitrogens with one attached hydrogen (secondary N) is 1. The van der Waals surface area contributed by atoms with E-state index in [-0.39, 0.29) is 0 Å². The summed E-state index contributed by atoms with van der Waals surface area (Å²) in [6.45, 7) is 8.81. The molecule has 0 aliphatic heterocycles. The Balaban J connectivity index is 2.05. The zero-order chi connectivity index (χ0) is 15.1. The number of hydrogen-bond donors (Lipinski definition) is 1. The van der Waals surface area contributed by atoms with Crippen LogP contribution in [0.4, 0.5) is 0 Å². The topological polar surface area (TPSA) is 29.9 Å². The van der Waals surface area contributed by atoms with Crippen LogP contribution in [0.5, 0.6) is 0 Å². The number of rotatable bonds is 9. The van der Waals surface area contributed by atoms with Gasteiger partial charge in [0.05, 0.1) is 11.0 Å². The smallest absolute Gasteiger partial charge is 0.109 e. The molecule has 0 saturated heterocycles. The van der Waals surface area contributed by atoms with Gasteiger partial charge in [-0.2, -0.15) is 0 Å². The molecule has 2 aromatic rings. The molecular weight excluding hydrogens is 258 g/mol. The van der Waals surface area contributed by atoms with Crippen LogP contribution in [0, 0.1) is 0 Å². The largest absolute Gasteiger partial charge is 0.328 e. The summed E-state index contributed by atoms with van der Waals surface area (Å²) in [5.74, 6) is 1.25. The molecule has 1 N–H and O–H groups in total. The second kappa shape index (κ2) is 8.18. The van der Waals surface area contributed by atoms with Crippen molar-refractivity contribution in [1.82, 2.24) is 14.9 Å². The van der Waals surface area contributed by atoms with E-state index in [1.165, 1.54) is 30.6 Å². The Kier molecular flexibility index (Phi) is 6.24. The minimum absolute atomic E-state index is 0.652. The number of aryl methyl sites for hydroxylation is 2.